The largest absolute Gasteiger partial charge is 0.497 e. The SMILES string of the molecule is COc1ccc2c(c1)N(CN1CCN(C3CCS(=O)(=O)C3)CC1)C(=O)C2=O. The average molecular weight is 393 g/mol. The number of ketones is 1. The normalized spacial score (nSPS) is 25.8. The fraction of sp³-hybridized carbons (Fsp3) is 0.556. The monoisotopic (exact) mass is 393 g/mol. The maximum absolute atomic E-state index is 12.4. The van der Waals surface area contributed by atoms with Crippen LogP contribution in [0.5, 0.6) is 5.75 Å². The number of methoxy groups -OCH3 is 1. The second-order valence-electron chi connectivity index (χ2n) is 7.30. The number of amides is 1. The molecule has 3 aliphatic heterocycles. The molecular formula is C18H23N3O5S. The van der Waals surface area contributed by atoms with Crippen molar-refractivity contribution in [1.82, 2.24) is 9.80 Å². The molecular weight excluding hydrogens is 370 g/mol. The van der Waals surface area contributed by atoms with Crippen LogP contribution in [0.3, 0.4) is 0 Å². The van der Waals surface area contributed by atoms with Gasteiger partial charge in [-0.25, -0.2) is 8.42 Å². The summed E-state index contributed by atoms with van der Waals surface area (Å²) in [6, 6.07) is 5.14. The number of fused-ring (bicyclic) bond motifs is 1. The first-order valence-electron chi connectivity index (χ1n) is 9.09. The van der Waals surface area contributed by atoms with Gasteiger partial charge in [0.25, 0.3) is 5.78 Å². The molecule has 0 bridgehead atoms. The molecule has 0 aromatic heterocycles. The fourth-order valence-corrected chi connectivity index (χ4v) is 5.84. The van der Waals surface area contributed by atoms with Gasteiger partial charge in [-0.05, 0) is 18.6 Å². The summed E-state index contributed by atoms with van der Waals surface area (Å²) < 4.78 is 28.6. The van der Waals surface area contributed by atoms with Crippen LogP contribution in [-0.2, 0) is 14.6 Å². The van der Waals surface area contributed by atoms with Crippen LogP contribution in [0, 0.1) is 0 Å². The number of rotatable bonds is 4. The Morgan fingerprint density at radius 2 is 1.89 bits per heavy atom. The summed E-state index contributed by atoms with van der Waals surface area (Å²) in [6.07, 6.45) is 0.703. The molecule has 3 heterocycles. The number of carbonyl (C=O) groups is 2. The zero-order valence-electron chi connectivity index (χ0n) is 15.3. The molecule has 4 rings (SSSR count). The summed E-state index contributed by atoms with van der Waals surface area (Å²) in [5.74, 6) is 0.138. The third kappa shape index (κ3) is 3.46. The van der Waals surface area contributed by atoms with E-state index in [-0.39, 0.29) is 17.5 Å². The average Bonchev–Trinajstić information content (AvgIpc) is 3.14. The zero-order chi connectivity index (χ0) is 19.2. The minimum absolute atomic E-state index is 0.108. The molecule has 8 nitrogen and oxygen atoms in total. The number of hydrogen-bond acceptors (Lipinski definition) is 7. The summed E-state index contributed by atoms with van der Waals surface area (Å²) in [6.45, 7) is 3.34. The molecule has 0 saturated carbocycles. The molecule has 0 radical (unpaired) electrons. The van der Waals surface area contributed by atoms with Crippen LogP contribution < -0.4 is 9.64 Å². The van der Waals surface area contributed by atoms with E-state index in [4.69, 9.17) is 4.74 Å². The Kier molecular flexibility index (Phi) is 4.69. The summed E-state index contributed by atoms with van der Waals surface area (Å²) in [5, 5.41) is 0. The molecule has 2 saturated heterocycles. The second kappa shape index (κ2) is 6.88. The highest BCUT2D eigenvalue weighted by atomic mass is 32.2. The number of Topliss-reactive ketones (excluding diaryl/α,β-unsaturated/α-hetero) is 1. The highest BCUT2D eigenvalue weighted by molar-refractivity contribution is 7.91. The lowest BCUT2D eigenvalue weighted by molar-refractivity contribution is -0.114. The van der Waals surface area contributed by atoms with E-state index in [1.807, 2.05) is 0 Å². The van der Waals surface area contributed by atoms with E-state index in [2.05, 4.69) is 9.80 Å². The number of anilines is 1. The Balaban J connectivity index is 1.41. The van der Waals surface area contributed by atoms with E-state index in [1.165, 1.54) is 4.90 Å². The zero-order valence-corrected chi connectivity index (χ0v) is 16.1. The number of nitrogens with zero attached hydrogens (tertiary/aromatic N) is 3. The van der Waals surface area contributed by atoms with Gasteiger partial charge in [-0.15, -0.1) is 0 Å². The quantitative estimate of drug-likeness (QED) is 0.665. The van der Waals surface area contributed by atoms with Gasteiger partial charge in [0.1, 0.15) is 5.75 Å². The molecule has 1 aromatic carbocycles. The summed E-state index contributed by atoms with van der Waals surface area (Å²) >= 11 is 0. The molecule has 1 aromatic rings. The van der Waals surface area contributed by atoms with Gasteiger partial charge in [0.15, 0.2) is 9.84 Å². The van der Waals surface area contributed by atoms with Crippen molar-refractivity contribution in [2.45, 2.75) is 12.5 Å². The smallest absolute Gasteiger partial charge is 0.300 e. The summed E-state index contributed by atoms with van der Waals surface area (Å²) in [5.41, 5.74) is 1.00. The van der Waals surface area contributed by atoms with E-state index in [9.17, 15) is 18.0 Å². The van der Waals surface area contributed by atoms with Crippen LogP contribution in [-0.4, -0.2) is 87.4 Å². The number of carbonyl (C=O) groups excluding carboxylic acids is 2. The highest BCUT2D eigenvalue weighted by Gasteiger charge is 2.38. The van der Waals surface area contributed by atoms with E-state index >= 15 is 0 Å². The molecule has 2 fully saturated rings. The van der Waals surface area contributed by atoms with Gasteiger partial charge in [-0.1, -0.05) is 0 Å². The topological polar surface area (TPSA) is 87.2 Å². The van der Waals surface area contributed by atoms with E-state index < -0.39 is 21.5 Å². The lowest BCUT2D eigenvalue weighted by atomic mass is 10.1. The number of ether oxygens (including phenoxy) is 1. The Morgan fingerprint density at radius 3 is 2.52 bits per heavy atom. The first-order chi connectivity index (χ1) is 12.9. The Hall–Kier alpha value is -1.97. The number of benzene rings is 1. The number of piperazine rings is 1. The third-order valence-corrected chi connectivity index (χ3v) is 7.40. The fourth-order valence-electron chi connectivity index (χ4n) is 4.07. The maximum atomic E-state index is 12.4. The number of hydrogen-bond donors (Lipinski definition) is 0. The molecule has 1 unspecified atom stereocenters. The van der Waals surface area contributed by atoms with Gasteiger partial charge in [0.2, 0.25) is 0 Å². The van der Waals surface area contributed by atoms with Crippen LogP contribution >= 0.6 is 0 Å². The molecule has 1 atom stereocenters. The van der Waals surface area contributed by atoms with Crippen molar-refractivity contribution in [3.05, 3.63) is 23.8 Å². The van der Waals surface area contributed by atoms with Crippen molar-refractivity contribution < 1.29 is 22.7 Å². The van der Waals surface area contributed by atoms with Crippen LogP contribution in [0.4, 0.5) is 5.69 Å². The molecule has 0 N–H and O–H groups in total. The van der Waals surface area contributed by atoms with Crippen molar-refractivity contribution >= 4 is 27.2 Å². The molecule has 146 valence electrons. The Morgan fingerprint density at radius 1 is 1.15 bits per heavy atom. The molecule has 1 amide bonds. The molecule has 0 spiro atoms. The predicted molar refractivity (Wildman–Crippen MR) is 99.9 cm³/mol. The van der Waals surface area contributed by atoms with Gasteiger partial charge in [-0.3, -0.25) is 24.3 Å². The minimum Gasteiger partial charge on any atom is -0.497 e. The van der Waals surface area contributed by atoms with Crippen LogP contribution in [0.2, 0.25) is 0 Å². The van der Waals surface area contributed by atoms with Gasteiger partial charge in [0, 0.05) is 38.3 Å². The van der Waals surface area contributed by atoms with Crippen molar-refractivity contribution in [3.63, 3.8) is 0 Å². The van der Waals surface area contributed by atoms with Crippen LogP contribution in [0.15, 0.2) is 18.2 Å². The van der Waals surface area contributed by atoms with Crippen LogP contribution in [0.1, 0.15) is 16.8 Å². The van der Waals surface area contributed by atoms with Gasteiger partial charge >= 0.3 is 5.91 Å². The molecule has 3 aliphatic rings. The van der Waals surface area contributed by atoms with Gasteiger partial charge in [0.05, 0.1) is 36.5 Å². The molecule has 9 heteroatoms. The van der Waals surface area contributed by atoms with E-state index in [0.29, 0.717) is 30.1 Å². The summed E-state index contributed by atoms with van der Waals surface area (Å²) in [7, 11) is -1.34. The Bertz CT molecular complexity index is 877. The highest BCUT2D eigenvalue weighted by Crippen LogP contribution is 2.32. The summed E-state index contributed by atoms with van der Waals surface area (Å²) in [4.78, 5) is 30.5. The van der Waals surface area contributed by atoms with Gasteiger partial charge in [-0.2, -0.15) is 0 Å². The first-order valence-corrected chi connectivity index (χ1v) is 10.9. The van der Waals surface area contributed by atoms with Crippen molar-refractivity contribution in [2.24, 2.45) is 0 Å². The lowest BCUT2D eigenvalue weighted by Crippen LogP contribution is -2.53. The standard InChI is InChI=1S/C18H23N3O5S/c1-26-14-2-3-15-16(10-14)21(18(23)17(15)22)12-19-5-7-20(8-6-19)13-4-9-27(24,25)11-13/h2-3,10,13H,4-9,11-12H2,1H3. The van der Waals surface area contributed by atoms with Crippen molar-refractivity contribution in [3.8, 4) is 5.75 Å². The van der Waals surface area contributed by atoms with Crippen LogP contribution in [0.25, 0.3) is 0 Å². The maximum Gasteiger partial charge on any atom is 0.300 e. The predicted octanol–water partition coefficient (Wildman–Crippen LogP) is -0.0133. The molecule has 0 aliphatic carbocycles. The minimum atomic E-state index is -2.89. The number of sulfone groups is 1. The second-order valence-corrected chi connectivity index (χ2v) is 9.53. The Labute approximate surface area is 158 Å². The van der Waals surface area contributed by atoms with E-state index in [1.54, 1.807) is 25.3 Å². The van der Waals surface area contributed by atoms with Gasteiger partial charge < -0.3 is 4.74 Å². The van der Waals surface area contributed by atoms with Crippen molar-refractivity contribution in [1.29, 1.82) is 0 Å². The van der Waals surface area contributed by atoms with Crippen molar-refractivity contribution in [2.75, 3.05) is 56.4 Å². The lowest BCUT2D eigenvalue weighted by Gasteiger charge is -2.38. The molecule has 27 heavy (non-hydrogen) atoms. The van der Waals surface area contributed by atoms with E-state index in [0.717, 1.165) is 26.2 Å². The first kappa shape index (κ1) is 18.4. The third-order valence-electron chi connectivity index (χ3n) is 5.65.